The van der Waals surface area contributed by atoms with E-state index in [-0.39, 0.29) is 24.3 Å². The highest BCUT2D eigenvalue weighted by Crippen LogP contribution is 2.13. The molecule has 2 N–H and O–H groups in total. The van der Waals surface area contributed by atoms with Crippen molar-refractivity contribution in [3.8, 4) is 0 Å². The van der Waals surface area contributed by atoms with Crippen molar-refractivity contribution in [3.05, 3.63) is 22.6 Å². The van der Waals surface area contributed by atoms with E-state index < -0.39 is 5.91 Å². The molecule has 104 valence electrons. The molecule has 1 atom stereocenters. The van der Waals surface area contributed by atoms with Gasteiger partial charge in [-0.15, -0.1) is 0 Å². The van der Waals surface area contributed by atoms with E-state index in [1.54, 1.807) is 6.07 Å². The molecule has 1 aliphatic rings. The molecule has 0 aliphatic carbocycles. The van der Waals surface area contributed by atoms with Crippen molar-refractivity contribution in [1.82, 2.24) is 10.6 Å². The first-order valence-corrected chi connectivity index (χ1v) is 6.86. The van der Waals surface area contributed by atoms with Gasteiger partial charge in [0.15, 0.2) is 10.4 Å². The van der Waals surface area contributed by atoms with E-state index in [0.717, 1.165) is 19.4 Å². The molecule has 0 unspecified atom stereocenters. The molecule has 2 amide bonds. The van der Waals surface area contributed by atoms with Crippen LogP contribution in [0.15, 0.2) is 21.2 Å². The van der Waals surface area contributed by atoms with Crippen LogP contribution in [-0.2, 0) is 9.53 Å². The molecule has 2 rings (SSSR count). The number of nitrogens with one attached hydrogen (secondary N) is 2. The van der Waals surface area contributed by atoms with E-state index in [2.05, 4.69) is 26.6 Å². The molecule has 0 aromatic carbocycles. The van der Waals surface area contributed by atoms with Crippen LogP contribution in [0.25, 0.3) is 0 Å². The maximum absolute atomic E-state index is 11.6. The fourth-order valence-electron chi connectivity index (χ4n) is 1.78. The summed E-state index contributed by atoms with van der Waals surface area (Å²) in [6, 6.07) is 3.15. The number of ether oxygens (including phenoxy) is 1. The van der Waals surface area contributed by atoms with E-state index >= 15 is 0 Å². The lowest BCUT2D eigenvalue weighted by atomic mass is 10.2. The normalized spacial score (nSPS) is 18.3. The van der Waals surface area contributed by atoms with Gasteiger partial charge in [-0.25, -0.2) is 0 Å². The Hall–Kier alpha value is -1.34. The molecular formula is C12H15BrN2O4. The van der Waals surface area contributed by atoms with Crippen LogP contribution < -0.4 is 10.6 Å². The van der Waals surface area contributed by atoms with Gasteiger partial charge in [0.1, 0.15) is 0 Å². The second kappa shape index (κ2) is 6.72. The second-order valence-electron chi connectivity index (χ2n) is 4.23. The van der Waals surface area contributed by atoms with Gasteiger partial charge in [-0.2, -0.15) is 0 Å². The summed E-state index contributed by atoms with van der Waals surface area (Å²) in [4.78, 5) is 23.1. The third kappa shape index (κ3) is 4.36. The molecule has 1 aliphatic heterocycles. The molecule has 0 spiro atoms. The summed E-state index contributed by atoms with van der Waals surface area (Å²) in [5, 5.41) is 5.20. The van der Waals surface area contributed by atoms with Gasteiger partial charge in [0.2, 0.25) is 5.91 Å². The topological polar surface area (TPSA) is 80.6 Å². The van der Waals surface area contributed by atoms with Gasteiger partial charge in [-0.1, -0.05) is 0 Å². The lowest BCUT2D eigenvalue weighted by Crippen LogP contribution is -2.39. The minimum absolute atomic E-state index is 0.0795. The lowest BCUT2D eigenvalue weighted by molar-refractivity contribution is -0.120. The zero-order valence-electron chi connectivity index (χ0n) is 10.3. The molecule has 19 heavy (non-hydrogen) atoms. The standard InChI is InChI=1S/C12H15BrN2O4/c13-10-4-3-9(19-10)12(17)15-7-11(16)14-6-8-2-1-5-18-8/h3-4,8H,1-2,5-7H2,(H,14,16)(H,15,17)/t8-/m1/s1. The zero-order valence-corrected chi connectivity index (χ0v) is 11.9. The Balaban J connectivity index is 1.66. The average Bonchev–Trinajstić information content (AvgIpc) is 3.04. The van der Waals surface area contributed by atoms with Crippen LogP contribution in [-0.4, -0.2) is 37.6 Å². The van der Waals surface area contributed by atoms with Gasteiger partial charge in [0.05, 0.1) is 12.6 Å². The van der Waals surface area contributed by atoms with E-state index in [0.29, 0.717) is 11.2 Å². The van der Waals surface area contributed by atoms with Crippen LogP contribution in [0.4, 0.5) is 0 Å². The van der Waals surface area contributed by atoms with E-state index in [1.807, 2.05) is 0 Å². The van der Waals surface area contributed by atoms with Crippen molar-refractivity contribution in [2.45, 2.75) is 18.9 Å². The zero-order chi connectivity index (χ0) is 13.7. The Morgan fingerprint density at radius 1 is 1.37 bits per heavy atom. The SMILES string of the molecule is O=C(CNC(=O)c1ccc(Br)o1)NC[C@H]1CCCO1. The van der Waals surface area contributed by atoms with Crippen molar-refractivity contribution in [2.75, 3.05) is 19.7 Å². The number of amides is 2. The summed E-state index contributed by atoms with van der Waals surface area (Å²) < 4.78 is 10.9. The summed E-state index contributed by atoms with van der Waals surface area (Å²) in [5.41, 5.74) is 0. The largest absolute Gasteiger partial charge is 0.444 e. The molecule has 1 saturated heterocycles. The van der Waals surface area contributed by atoms with Crippen LogP contribution in [0.2, 0.25) is 0 Å². The summed E-state index contributed by atoms with van der Waals surface area (Å²) >= 11 is 3.10. The quantitative estimate of drug-likeness (QED) is 0.846. The molecule has 1 fully saturated rings. The summed E-state index contributed by atoms with van der Waals surface area (Å²) in [5.74, 6) is -0.494. The molecule has 0 radical (unpaired) electrons. The maximum Gasteiger partial charge on any atom is 0.287 e. The summed E-state index contributed by atoms with van der Waals surface area (Å²) in [7, 11) is 0. The predicted octanol–water partition coefficient (Wildman–Crippen LogP) is 1.07. The van der Waals surface area contributed by atoms with Crippen LogP contribution in [0, 0.1) is 0 Å². The highest BCUT2D eigenvalue weighted by Gasteiger charge is 2.16. The molecule has 7 heteroatoms. The third-order valence-corrected chi connectivity index (χ3v) is 3.18. The van der Waals surface area contributed by atoms with Gasteiger partial charge < -0.3 is 19.8 Å². The van der Waals surface area contributed by atoms with Crippen molar-refractivity contribution in [3.63, 3.8) is 0 Å². The smallest absolute Gasteiger partial charge is 0.287 e. The minimum atomic E-state index is -0.419. The Morgan fingerprint density at radius 2 is 2.21 bits per heavy atom. The number of carbonyl (C=O) groups excluding carboxylic acids is 2. The van der Waals surface area contributed by atoms with Gasteiger partial charge in [0, 0.05) is 13.2 Å². The first-order valence-electron chi connectivity index (χ1n) is 6.07. The van der Waals surface area contributed by atoms with Crippen molar-refractivity contribution in [1.29, 1.82) is 0 Å². The highest BCUT2D eigenvalue weighted by atomic mass is 79.9. The number of furan rings is 1. The molecule has 1 aromatic heterocycles. The fraction of sp³-hybridized carbons (Fsp3) is 0.500. The number of carbonyl (C=O) groups is 2. The van der Waals surface area contributed by atoms with E-state index in [9.17, 15) is 9.59 Å². The molecule has 0 saturated carbocycles. The number of hydrogen-bond donors (Lipinski definition) is 2. The van der Waals surface area contributed by atoms with Crippen LogP contribution in [0.5, 0.6) is 0 Å². The van der Waals surface area contributed by atoms with Crippen molar-refractivity contribution in [2.24, 2.45) is 0 Å². The molecule has 6 nitrogen and oxygen atoms in total. The van der Waals surface area contributed by atoms with Gasteiger partial charge in [-0.3, -0.25) is 9.59 Å². The molecule has 0 bridgehead atoms. The van der Waals surface area contributed by atoms with Crippen LogP contribution in [0.1, 0.15) is 23.4 Å². The second-order valence-corrected chi connectivity index (χ2v) is 5.01. The van der Waals surface area contributed by atoms with Crippen LogP contribution >= 0.6 is 15.9 Å². The van der Waals surface area contributed by atoms with Crippen LogP contribution in [0.3, 0.4) is 0 Å². The average molecular weight is 331 g/mol. The maximum atomic E-state index is 11.6. The number of halogens is 1. The van der Waals surface area contributed by atoms with E-state index in [4.69, 9.17) is 9.15 Å². The number of hydrogen-bond acceptors (Lipinski definition) is 4. The lowest BCUT2D eigenvalue weighted by Gasteiger charge is -2.10. The molecule has 2 heterocycles. The first kappa shape index (κ1) is 14.1. The summed E-state index contributed by atoms with van der Waals surface area (Å²) in [6.45, 7) is 1.16. The monoisotopic (exact) mass is 330 g/mol. The first-order chi connectivity index (χ1) is 9.15. The Labute approximate surface area is 119 Å². The summed E-state index contributed by atoms with van der Waals surface area (Å²) in [6.07, 6.45) is 2.10. The van der Waals surface area contributed by atoms with Gasteiger partial charge >= 0.3 is 0 Å². The fourth-order valence-corrected chi connectivity index (χ4v) is 2.09. The highest BCUT2D eigenvalue weighted by molar-refractivity contribution is 9.10. The third-order valence-electron chi connectivity index (χ3n) is 2.76. The molecular weight excluding hydrogens is 316 g/mol. The Morgan fingerprint density at radius 3 is 2.84 bits per heavy atom. The van der Waals surface area contributed by atoms with Gasteiger partial charge in [-0.05, 0) is 40.9 Å². The van der Waals surface area contributed by atoms with Gasteiger partial charge in [0.25, 0.3) is 5.91 Å². The minimum Gasteiger partial charge on any atom is -0.444 e. The van der Waals surface area contributed by atoms with Crippen molar-refractivity contribution < 1.29 is 18.7 Å². The van der Waals surface area contributed by atoms with Crippen molar-refractivity contribution >= 4 is 27.7 Å². The molecule has 1 aromatic rings. The Kier molecular flexibility index (Phi) is 4.98. The predicted molar refractivity (Wildman–Crippen MR) is 70.7 cm³/mol. The Bertz CT molecular complexity index is 454. The van der Waals surface area contributed by atoms with E-state index in [1.165, 1.54) is 6.07 Å². The number of rotatable bonds is 5.